The number of hydrogen-bond donors (Lipinski definition) is 1. The zero-order valence-electron chi connectivity index (χ0n) is 10.5. The van der Waals surface area contributed by atoms with Crippen molar-refractivity contribution >= 4 is 29.4 Å². The summed E-state index contributed by atoms with van der Waals surface area (Å²) >= 11 is 1.81. The van der Waals surface area contributed by atoms with Crippen LogP contribution in [0.3, 0.4) is 0 Å². The molecule has 0 spiro atoms. The van der Waals surface area contributed by atoms with E-state index in [0.717, 1.165) is 11.5 Å². The lowest BCUT2D eigenvalue weighted by atomic mass is 10.3. The number of carboxylic acid groups (broad SMARTS) is 1. The molecule has 1 saturated heterocycles. The van der Waals surface area contributed by atoms with Crippen molar-refractivity contribution in [3.05, 3.63) is 30.3 Å². The number of nitrogens with zero attached hydrogens (tertiary/aromatic N) is 2. The number of anilines is 1. The van der Waals surface area contributed by atoms with Crippen molar-refractivity contribution in [1.29, 1.82) is 0 Å². The minimum absolute atomic E-state index is 0.228. The molecular formula is C13H16N2O3S. The average Bonchev–Trinajstić information content (AvgIpc) is 2.46. The van der Waals surface area contributed by atoms with Crippen molar-refractivity contribution in [1.82, 2.24) is 4.90 Å². The fourth-order valence-corrected chi connectivity index (χ4v) is 2.84. The van der Waals surface area contributed by atoms with Crippen molar-refractivity contribution in [2.45, 2.75) is 0 Å². The number of carboxylic acids is 1. The molecule has 1 aromatic rings. The Bertz CT molecular complexity index is 446. The van der Waals surface area contributed by atoms with Gasteiger partial charge < -0.3 is 10.0 Å². The van der Waals surface area contributed by atoms with Gasteiger partial charge in [-0.15, -0.1) is 0 Å². The van der Waals surface area contributed by atoms with E-state index in [4.69, 9.17) is 5.11 Å². The van der Waals surface area contributed by atoms with E-state index in [1.165, 1.54) is 4.90 Å². The number of aliphatic carboxylic acids is 1. The Balaban J connectivity index is 2.17. The number of rotatable bonds is 3. The number of urea groups is 1. The molecule has 2 amide bonds. The second-order valence-corrected chi connectivity index (χ2v) is 5.42. The Morgan fingerprint density at radius 1 is 1.21 bits per heavy atom. The Morgan fingerprint density at radius 2 is 1.84 bits per heavy atom. The maximum Gasteiger partial charge on any atom is 0.325 e. The molecule has 0 atom stereocenters. The summed E-state index contributed by atoms with van der Waals surface area (Å²) in [6.45, 7) is 1.03. The zero-order valence-corrected chi connectivity index (χ0v) is 11.3. The van der Waals surface area contributed by atoms with Crippen molar-refractivity contribution in [3.8, 4) is 0 Å². The van der Waals surface area contributed by atoms with E-state index in [-0.39, 0.29) is 12.6 Å². The third-order valence-corrected chi connectivity index (χ3v) is 3.82. The van der Waals surface area contributed by atoms with Crippen LogP contribution in [0.5, 0.6) is 0 Å². The lowest BCUT2D eigenvalue weighted by Gasteiger charge is -2.32. The fraction of sp³-hybridized carbons (Fsp3) is 0.385. The first-order valence-corrected chi connectivity index (χ1v) is 7.25. The Kier molecular flexibility index (Phi) is 4.68. The predicted molar refractivity (Wildman–Crippen MR) is 75.7 cm³/mol. The molecule has 1 heterocycles. The number of carbonyl (C=O) groups is 2. The molecule has 0 aromatic heterocycles. The first-order chi connectivity index (χ1) is 9.18. The van der Waals surface area contributed by atoms with Gasteiger partial charge in [-0.25, -0.2) is 4.79 Å². The molecule has 19 heavy (non-hydrogen) atoms. The summed E-state index contributed by atoms with van der Waals surface area (Å²) in [4.78, 5) is 26.4. The van der Waals surface area contributed by atoms with E-state index < -0.39 is 5.97 Å². The molecule has 102 valence electrons. The average molecular weight is 280 g/mol. The molecule has 1 aromatic carbocycles. The summed E-state index contributed by atoms with van der Waals surface area (Å²) in [7, 11) is 0. The molecule has 1 aliphatic rings. The molecule has 0 saturated carbocycles. The summed E-state index contributed by atoms with van der Waals surface area (Å²) in [5.74, 6) is 0.798. The maximum atomic E-state index is 12.4. The van der Waals surface area contributed by atoms with Crippen molar-refractivity contribution in [2.75, 3.05) is 36.0 Å². The first-order valence-electron chi connectivity index (χ1n) is 6.09. The highest BCUT2D eigenvalue weighted by molar-refractivity contribution is 7.99. The number of amides is 2. The third kappa shape index (κ3) is 3.64. The van der Waals surface area contributed by atoms with Gasteiger partial charge in [-0.2, -0.15) is 11.8 Å². The Labute approximate surface area is 116 Å². The molecule has 0 unspecified atom stereocenters. The standard InChI is InChI=1S/C13H16N2O3S/c16-12(17)10-15(11-4-2-1-3-5-11)13(18)14-6-8-19-9-7-14/h1-5H,6-10H2,(H,16,17). The Hall–Kier alpha value is -1.69. The molecule has 0 radical (unpaired) electrons. The quantitative estimate of drug-likeness (QED) is 0.916. The molecule has 1 N–H and O–H groups in total. The van der Waals surface area contributed by atoms with Crippen LogP contribution in [0.25, 0.3) is 0 Å². The summed E-state index contributed by atoms with van der Waals surface area (Å²) < 4.78 is 0. The highest BCUT2D eigenvalue weighted by Crippen LogP contribution is 2.17. The summed E-state index contributed by atoms with van der Waals surface area (Å²) in [5.41, 5.74) is 0.619. The van der Waals surface area contributed by atoms with Gasteiger partial charge >= 0.3 is 12.0 Å². The van der Waals surface area contributed by atoms with Gasteiger partial charge in [-0.1, -0.05) is 18.2 Å². The van der Waals surface area contributed by atoms with Gasteiger partial charge in [0.15, 0.2) is 0 Å². The molecule has 0 bridgehead atoms. The topological polar surface area (TPSA) is 60.9 Å². The maximum absolute atomic E-state index is 12.4. The second-order valence-electron chi connectivity index (χ2n) is 4.20. The van der Waals surface area contributed by atoms with Gasteiger partial charge in [0.05, 0.1) is 0 Å². The van der Waals surface area contributed by atoms with Crippen LogP contribution >= 0.6 is 11.8 Å². The normalized spacial score (nSPS) is 15.1. The predicted octanol–water partition coefficient (Wildman–Crippen LogP) is 1.75. The molecule has 5 nitrogen and oxygen atoms in total. The van der Waals surface area contributed by atoms with Crippen LogP contribution in [0.2, 0.25) is 0 Å². The van der Waals surface area contributed by atoms with Crippen LogP contribution in [0, 0.1) is 0 Å². The van der Waals surface area contributed by atoms with Gasteiger partial charge in [0.2, 0.25) is 0 Å². The summed E-state index contributed by atoms with van der Waals surface area (Å²) in [6, 6.07) is 8.70. The van der Waals surface area contributed by atoms with E-state index >= 15 is 0 Å². The molecular weight excluding hydrogens is 264 g/mol. The fourth-order valence-electron chi connectivity index (χ4n) is 1.94. The molecule has 2 rings (SSSR count). The minimum Gasteiger partial charge on any atom is -0.480 e. The number of para-hydroxylation sites is 1. The van der Waals surface area contributed by atoms with Gasteiger partial charge in [0, 0.05) is 30.3 Å². The molecule has 1 aliphatic heterocycles. The number of hydrogen-bond acceptors (Lipinski definition) is 3. The van der Waals surface area contributed by atoms with E-state index in [0.29, 0.717) is 18.8 Å². The van der Waals surface area contributed by atoms with Crippen LogP contribution in [0.4, 0.5) is 10.5 Å². The highest BCUT2D eigenvalue weighted by Gasteiger charge is 2.25. The molecule has 0 aliphatic carbocycles. The van der Waals surface area contributed by atoms with E-state index in [1.54, 1.807) is 29.2 Å². The monoisotopic (exact) mass is 280 g/mol. The van der Waals surface area contributed by atoms with Crippen molar-refractivity contribution in [3.63, 3.8) is 0 Å². The van der Waals surface area contributed by atoms with E-state index in [1.807, 2.05) is 17.8 Å². The van der Waals surface area contributed by atoms with Gasteiger partial charge in [-0.05, 0) is 12.1 Å². The zero-order chi connectivity index (χ0) is 13.7. The lowest BCUT2D eigenvalue weighted by molar-refractivity contribution is -0.135. The summed E-state index contributed by atoms with van der Waals surface area (Å²) in [5, 5.41) is 8.98. The largest absolute Gasteiger partial charge is 0.480 e. The van der Waals surface area contributed by atoms with Crippen molar-refractivity contribution in [2.24, 2.45) is 0 Å². The van der Waals surface area contributed by atoms with E-state index in [2.05, 4.69) is 0 Å². The van der Waals surface area contributed by atoms with Gasteiger partial charge in [-0.3, -0.25) is 9.69 Å². The second kappa shape index (κ2) is 6.47. The highest BCUT2D eigenvalue weighted by atomic mass is 32.2. The van der Waals surface area contributed by atoms with Crippen LogP contribution < -0.4 is 4.90 Å². The van der Waals surface area contributed by atoms with Crippen LogP contribution in [0.15, 0.2) is 30.3 Å². The number of carbonyl (C=O) groups excluding carboxylic acids is 1. The SMILES string of the molecule is O=C(O)CN(C(=O)N1CCSCC1)c1ccccc1. The van der Waals surface area contributed by atoms with Crippen LogP contribution in [-0.4, -0.2) is 53.1 Å². The van der Waals surface area contributed by atoms with E-state index in [9.17, 15) is 9.59 Å². The smallest absolute Gasteiger partial charge is 0.325 e. The van der Waals surface area contributed by atoms with Crippen LogP contribution in [0.1, 0.15) is 0 Å². The van der Waals surface area contributed by atoms with Crippen molar-refractivity contribution < 1.29 is 14.7 Å². The summed E-state index contributed by atoms with van der Waals surface area (Å²) in [6.07, 6.45) is 0. The lowest BCUT2D eigenvalue weighted by Crippen LogP contribution is -2.48. The molecule has 6 heteroatoms. The van der Waals surface area contributed by atoms with Gasteiger partial charge in [0.1, 0.15) is 6.54 Å². The third-order valence-electron chi connectivity index (χ3n) is 2.87. The van der Waals surface area contributed by atoms with Crippen LogP contribution in [-0.2, 0) is 4.79 Å². The minimum atomic E-state index is -1.01. The van der Waals surface area contributed by atoms with Gasteiger partial charge in [0.25, 0.3) is 0 Å². The number of benzene rings is 1. The Morgan fingerprint density at radius 3 is 2.42 bits per heavy atom. The molecule has 1 fully saturated rings. The number of thioether (sulfide) groups is 1. The first kappa shape index (κ1) is 13.7.